The molecule has 5 heteroatoms. The quantitative estimate of drug-likeness (QED) is 0.799. The van der Waals surface area contributed by atoms with Crippen molar-refractivity contribution in [3.63, 3.8) is 0 Å². The van der Waals surface area contributed by atoms with Crippen LogP contribution >= 0.6 is 24.0 Å². The fraction of sp³-hybridized carbons (Fsp3) is 0.688. The number of thiazole rings is 1. The second-order valence-corrected chi connectivity index (χ2v) is 7.95. The highest BCUT2D eigenvalue weighted by atomic mass is 32.1. The Hall–Kier alpha value is -0.520. The largest absolute Gasteiger partial charge is 0.302 e. The van der Waals surface area contributed by atoms with Crippen LogP contribution in [0.15, 0.2) is 0 Å². The second-order valence-electron chi connectivity index (χ2n) is 6.02. The lowest BCUT2D eigenvalue weighted by molar-refractivity contribution is 0.304. The third-order valence-corrected chi connectivity index (χ3v) is 6.04. The van der Waals surface area contributed by atoms with Crippen molar-refractivity contribution in [2.45, 2.75) is 58.8 Å². The molecule has 118 valence electrons. The van der Waals surface area contributed by atoms with Crippen molar-refractivity contribution >= 4 is 28.8 Å². The van der Waals surface area contributed by atoms with Crippen molar-refractivity contribution in [3.05, 3.63) is 22.1 Å². The number of fused-ring (bicyclic) bond motifs is 1. The molecule has 21 heavy (non-hydrogen) atoms. The van der Waals surface area contributed by atoms with Crippen LogP contribution in [-0.2, 0) is 0 Å². The molecule has 0 spiro atoms. The maximum absolute atomic E-state index is 4.43. The summed E-state index contributed by atoms with van der Waals surface area (Å²) in [5.41, 5.74) is 2.47. The van der Waals surface area contributed by atoms with Crippen LogP contribution in [0.25, 0.3) is 4.83 Å². The van der Waals surface area contributed by atoms with Crippen LogP contribution in [0.3, 0.4) is 0 Å². The van der Waals surface area contributed by atoms with E-state index in [0.717, 1.165) is 17.6 Å². The van der Waals surface area contributed by atoms with Gasteiger partial charge in [0.15, 0.2) is 0 Å². The minimum Gasteiger partial charge on any atom is -0.302 e. The van der Waals surface area contributed by atoms with Gasteiger partial charge in [-0.3, -0.25) is 4.40 Å². The van der Waals surface area contributed by atoms with Crippen molar-refractivity contribution in [2.75, 3.05) is 13.6 Å². The van der Waals surface area contributed by atoms with E-state index < -0.39 is 0 Å². The summed E-state index contributed by atoms with van der Waals surface area (Å²) in [5, 5.41) is 0.625. The van der Waals surface area contributed by atoms with Gasteiger partial charge < -0.3 is 4.90 Å². The lowest BCUT2D eigenvalue weighted by Gasteiger charge is -2.15. The molecular formula is C16H27N3S2. The molecule has 0 aromatic carbocycles. The van der Waals surface area contributed by atoms with Gasteiger partial charge in [-0.1, -0.05) is 6.92 Å². The normalized spacial score (nSPS) is 22.6. The van der Waals surface area contributed by atoms with E-state index >= 15 is 0 Å². The summed E-state index contributed by atoms with van der Waals surface area (Å²) in [4.78, 5) is 9.51. The van der Waals surface area contributed by atoms with Gasteiger partial charge in [-0.2, -0.15) is 12.6 Å². The molecule has 3 heterocycles. The van der Waals surface area contributed by atoms with Crippen molar-refractivity contribution < 1.29 is 0 Å². The van der Waals surface area contributed by atoms with Gasteiger partial charge >= 0.3 is 0 Å². The molecule has 1 aliphatic heterocycles. The lowest BCUT2D eigenvalue weighted by atomic mass is 10.2. The predicted molar refractivity (Wildman–Crippen MR) is 96.1 cm³/mol. The number of hydrogen-bond acceptors (Lipinski definition) is 4. The number of hydrogen-bond donors (Lipinski definition) is 1. The number of aromatic nitrogens is 2. The number of aryl methyl sites for hydroxylation is 4. The van der Waals surface area contributed by atoms with Crippen molar-refractivity contribution in [1.82, 2.24) is 14.3 Å². The molecule has 0 N–H and O–H groups in total. The molecule has 0 saturated carbocycles. The maximum atomic E-state index is 4.43. The summed E-state index contributed by atoms with van der Waals surface area (Å²) in [6.45, 7) is 11.8. The zero-order chi connectivity index (χ0) is 15.7. The van der Waals surface area contributed by atoms with Gasteiger partial charge in [0.2, 0.25) is 0 Å². The molecule has 0 radical (unpaired) electrons. The number of imidazole rings is 1. The van der Waals surface area contributed by atoms with Crippen LogP contribution < -0.4 is 0 Å². The number of nitrogens with zero attached hydrogens (tertiary/aromatic N) is 3. The molecule has 1 fully saturated rings. The molecule has 0 bridgehead atoms. The first-order chi connectivity index (χ1) is 9.85. The Labute approximate surface area is 137 Å². The van der Waals surface area contributed by atoms with Gasteiger partial charge in [-0.15, -0.1) is 11.3 Å². The van der Waals surface area contributed by atoms with E-state index in [0.29, 0.717) is 5.25 Å². The minimum atomic E-state index is 0.625. The third-order valence-electron chi connectivity index (χ3n) is 4.40. The van der Waals surface area contributed by atoms with Gasteiger partial charge in [0.25, 0.3) is 0 Å². The maximum Gasteiger partial charge on any atom is 0.123 e. The Morgan fingerprint density at radius 3 is 2.38 bits per heavy atom. The van der Waals surface area contributed by atoms with Crippen LogP contribution in [0.2, 0.25) is 0 Å². The van der Waals surface area contributed by atoms with Crippen LogP contribution in [0.5, 0.6) is 0 Å². The van der Waals surface area contributed by atoms with E-state index in [1.807, 2.05) is 11.3 Å². The second kappa shape index (κ2) is 6.71. The first-order valence-corrected chi connectivity index (χ1v) is 8.98. The average molecular weight is 326 g/mol. The highest BCUT2D eigenvalue weighted by Gasteiger charge is 2.24. The van der Waals surface area contributed by atoms with E-state index in [1.165, 1.54) is 34.8 Å². The molecule has 2 unspecified atom stereocenters. The molecule has 2 aromatic heterocycles. The predicted octanol–water partition coefficient (Wildman–Crippen LogP) is 4.03. The summed E-state index contributed by atoms with van der Waals surface area (Å²) in [6.07, 6.45) is 2.55. The molecular weight excluding hydrogens is 298 g/mol. The minimum absolute atomic E-state index is 0.625. The van der Waals surface area contributed by atoms with Gasteiger partial charge in [-0.05, 0) is 47.6 Å². The van der Waals surface area contributed by atoms with Gasteiger partial charge in [0, 0.05) is 28.4 Å². The summed E-state index contributed by atoms with van der Waals surface area (Å²) >= 11 is 6.25. The molecule has 3 rings (SSSR count). The fourth-order valence-corrected chi connectivity index (χ4v) is 4.65. The van der Waals surface area contributed by atoms with Crippen LogP contribution in [0, 0.1) is 27.7 Å². The average Bonchev–Trinajstić information content (AvgIpc) is 2.99. The van der Waals surface area contributed by atoms with Crippen LogP contribution in [0.1, 0.15) is 41.9 Å². The first-order valence-electron chi connectivity index (χ1n) is 7.65. The van der Waals surface area contributed by atoms with Crippen molar-refractivity contribution in [3.8, 4) is 0 Å². The van der Waals surface area contributed by atoms with E-state index in [1.54, 1.807) is 0 Å². The van der Waals surface area contributed by atoms with Crippen LogP contribution in [-0.4, -0.2) is 39.2 Å². The Morgan fingerprint density at radius 2 is 1.95 bits per heavy atom. The monoisotopic (exact) mass is 325 g/mol. The highest BCUT2D eigenvalue weighted by Crippen LogP contribution is 2.25. The zero-order valence-electron chi connectivity index (χ0n) is 14.0. The van der Waals surface area contributed by atoms with E-state index in [9.17, 15) is 0 Å². The SMILES string of the molecule is CCC1CC(S)CN1C.Cc1sc2c(C)nc(C)n2c1C. The summed E-state index contributed by atoms with van der Waals surface area (Å²) in [7, 11) is 2.18. The Balaban J connectivity index is 0.000000161. The van der Waals surface area contributed by atoms with Gasteiger partial charge in [0.05, 0.1) is 5.69 Å². The van der Waals surface area contributed by atoms with Crippen LogP contribution in [0.4, 0.5) is 0 Å². The molecule has 1 aliphatic rings. The topological polar surface area (TPSA) is 20.5 Å². The Kier molecular flexibility index (Phi) is 5.38. The molecule has 0 amide bonds. The first kappa shape index (κ1) is 16.8. The smallest absolute Gasteiger partial charge is 0.123 e. The zero-order valence-corrected chi connectivity index (χ0v) is 15.7. The standard InChI is InChI=1S/C9H12N2S.C7H15NS/c1-5-9-11(8(4)10-5)6(2)7(3)12-9;1-3-6-4-7(9)5-8(6)2/h1-4H3;6-7,9H,3-5H2,1-2H3. The molecule has 2 atom stereocenters. The number of rotatable bonds is 1. The van der Waals surface area contributed by atoms with Crippen molar-refractivity contribution in [2.24, 2.45) is 0 Å². The molecule has 2 aromatic rings. The molecule has 3 nitrogen and oxygen atoms in total. The lowest BCUT2D eigenvalue weighted by Crippen LogP contribution is -2.23. The Bertz CT molecular complexity index is 615. The molecule has 0 aliphatic carbocycles. The van der Waals surface area contributed by atoms with Crippen molar-refractivity contribution in [1.29, 1.82) is 0 Å². The Morgan fingerprint density at radius 1 is 1.29 bits per heavy atom. The third kappa shape index (κ3) is 3.46. The number of thiol groups is 1. The molecule has 1 saturated heterocycles. The highest BCUT2D eigenvalue weighted by molar-refractivity contribution is 7.81. The fourth-order valence-electron chi connectivity index (χ4n) is 3.07. The van der Waals surface area contributed by atoms with Gasteiger partial charge in [-0.25, -0.2) is 4.98 Å². The van der Waals surface area contributed by atoms with Gasteiger partial charge in [0.1, 0.15) is 10.7 Å². The summed E-state index contributed by atoms with van der Waals surface area (Å²) in [6, 6.07) is 0.799. The number of likely N-dealkylation sites (tertiary alicyclic amines) is 1. The van der Waals surface area contributed by atoms with E-state index in [4.69, 9.17) is 0 Å². The summed E-state index contributed by atoms with van der Waals surface area (Å²) in [5.74, 6) is 1.10. The van der Waals surface area contributed by atoms with E-state index in [2.05, 4.69) is 68.6 Å². The van der Waals surface area contributed by atoms with E-state index in [-0.39, 0.29) is 0 Å². The summed E-state index contributed by atoms with van der Waals surface area (Å²) < 4.78 is 2.23.